The van der Waals surface area contributed by atoms with Crippen molar-refractivity contribution in [2.24, 2.45) is 0 Å². The zero-order chi connectivity index (χ0) is 15.8. The summed E-state index contributed by atoms with van der Waals surface area (Å²) in [7, 11) is 0. The van der Waals surface area contributed by atoms with Gasteiger partial charge < -0.3 is 14.6 Å². The Labute approximate surface area is 125 Å². The van der Waals surface area contributed by atoms with Crippen molar-refractivity contribution in [1.82, 2.24) is 10.5 Å². The number of nitrogens with zero attached hydrogens (tertiary/aromatic N) is 1. The van der Waals surface area contributed by atoms with Crippen LogP contribution in [0.4, 0.5) is 5.88 Å². The molecule has 1 aliphatic rings. The van der Waals surface area contributed by atoms with Crippen LogP contribution in [-0.4, -0.2) is 34.3 Å². The first-order valence-electron chi connectivity index (χ1n) is 7.29. The summed E-state index contributed by atoms with van der Waals surface area (Å²) in [5.41, 5.74) is 0.248. The number of aryl methyl sites for hydroxylation is 1. The van der Waals surface area contributed by atoms with Crippen molar-refractivity contribution in [2.75, 3.05) is 5.32 Å². The van der Waals surface area contributed by atoms with Gasteiger partial charge in [-0.25, -0.2) is 0 Å². The van der Waals surface area contributed by atoms with Crippen molar-refractivity contribution in [3.05, 3.63) is 11.8 Å². The average molecular weight is 295 g/mol. The van der Waals surface area contributed by atoms with Gasteiger partial charge in [-0.1, -0.05) is 5.16 Å². The first kappa shape index (κ1) is 16.0. The predicted molar refractivity (Wildman–Crippen MR) is 80.1 cm³/mol. The molecule has 1 aromatic rings. The van der Waals surface area contributed by atoms with E-state index in [9.17, 15) is 4.79 Å². The fraction of sp³-hybridized carbons (Fsp3) is 0.733. The number of carbonyl (C=O) groups is 1. The summed E-state index contributed by atoms with van der Waals surface area (Å²) in [5, 5.41) is 9.81. The quantitative estimate of drug-likeness (QED) is 0.891. The molecule has 1 saturated heterocycles. The van der Waals surface area contributed by atoms with E-state index in [1.807, 2.05) is 20.8 Å². The van der Waals surface area contributed by atoms with Gasteiger partial charge in [0.05, 0.1) is 22.9 Å². The highest BCUT2D eigenvalue weighted by Crippen LogP contribution is 2.37. The van der Waals surface area contributed by atoms with Gasteiger partial charge in [-0.2, -0.15) is 0 Å². The molecule has 2 heterocycles. The molecular weight excluding hydrogens is 270 g/mol. The second-order valence-corrected chi connectivity index (χ2v) is 6.93. The molecular formula is C15H25N3O3. The van der Waals surface area contributed by atoms with Crippen molar-refractivity contribution >= 4 is 11.8 Å². The highest BCUT2D eigenvalue weighted by molar-refractivity contribution is 5.93. The number of anilines is 1. The zero-order valence-corrected chi connectivity index (χ0v) is 13.6. The van der Waals surface area contributed by atoms with Crippen molar-refractivity contribution in [3.63, 3.8) is 0 Å². The summed E-state index contributed by atoms with van der Waals surface area (Å²) in [4.78, 5) is 12.2. The Morgan fingerprint density at radius 2 is 2.10 bits per heavy atom. The van der Waals surface area contributed by atoms with Crippen LogP contribution in [0.15, 0.2) is 10.6 Å². The maximum Gasteiger partial charge on any atom is 0.243 e. The third kappa shape index (κ3) is 3.83. The van der Waals surface area contributed by atoms with Crippen molar-refractivity contribution in [3.8, 4) is 0 Å². The standard InChI is InChI=1S/C15H25N3O3/c1-9-7-12(20-18-9)17-13(19)10(2)16-11-8-14(3,4)21-15(11,5)6/h7,10-11,16H,8H2,1-6H3,(H,17,19)/t10-,11-/m0/s1. The van der Waals surface area contributed by atoms with Gasteiger partial charge in [-0.15, -0.1) is 0 Å². The molecule has 0 spiro atoms. The molecule has 0 aliphatic carbocycles. The van der Waals surface area contributed by atoms with Gasteiger partial charge in [0.25, 0.3) is 0 Å². The van der Waals surface area contributed by atoms with E-state index in [-0.39, 0.29) is 29.2 Å². The van der Waals surface area contributed by atoms with Crippen LogP contribution >= 0.6 is 0 Å². The summed E-state index contributed by atoms with van der Waals surface area (Å²) in [6.07, 6.45) is 0.860. The number of amides is 1. The van der Waals surface area contributed by atoms with Crippen LogP contribution in [0, 0.1) is 6.92 Å². The first-order chi connectivity index (χ1) is 9.59. The van der Waals surface area contributed by atoms with Gasteiger partial charge in [0.15, 0.2) is 0 Å². The van der Waals surface area contributed by atoms with E-state index in [0.717, 1.165) is 12.1 Å². The van der Waals surface area contributed by atoms with Crippen LogP contribution in [0.1, 0.15) is 46.7 Å². The van der Waals surface area contributed by atoms with Crippen LogP contribution in [-0.2, 0) is 9.53 Å². The normalized spacial score (nSPS) is 24.8. The molecule has 0 unspecified atom stereocenters. The predicted octanol–water partition coefficient (Wildman–Crippen LogP) is 2.25. The lowest BCUT2D eigenvalue weighted by atomic mass is 9.94. The van der Waals surface area contributed by atoms with Gasteiger partial charge in [0.2, 0.25) is 11.8 Å². The van der Waals surface area contributed by atoms with Crippen LogP contribution in [0.3, 0.4) is 0 Å². The molecule has 1 fully saturated rings. The molecule has 1 aliphatic heterocycles. The van der Waals surface area contributed by atoms with E-state index in [2.05, 4.69) is 29.6 Å². The third-order valence-corrected chi connectivity index (χ3v) is 3.79. The second kappa shape index (κ2) is 5.42. The molecule has 118 valence electrons. The molecule has 0 bridgehead atoms. The van der Waals surface area contributed by atoms with Crippen molar-refractivity contribution < 1.29 is 14.1 Å². The average Bonchev–Trinajstić information content (AvgIpc) is 2.79. The third-order valence-electron chi connectivity index (χ3n) is 3.79. The van der Waals surface area contributed by atoms with E-state index in [4.69, 9.17) is 9.26 Å². The largest absolute Gasteiger partial charge is 0.368 e. The Bertz CT molecular complexity index is 522. The molecule has 0 saturated carbocycles. The molecule has 2 N–H and O–H groups in total. The Balaban J connectivity index is 1.94. The van der Waals surface area contributed by atoms with Crippen LogP contribution in [0.5, 0.6) is 0 Å². The van der Waals surface area contributed by atoms with E-state index in [0.29, 0.717) is 5.88 Å². The Morgan fingerprint density at radius 3 is 2.57 bits per heavy atom. The van der Waals surface area contributed by atoms with E-state index in [1.165, 1.54) is 0 Å². The summed E-state index contributed by atoms with van der Waals surface area (Å²) in [5.74, 6) is 0.222. The van der Waals surface area contributed by atoms with Gasteiger partial charge in [-0.3, -0.25) is 10.1 Å². The highest BCUT2D eigenvalue weighted by atomic mass is 16.5. The molecule has 1 amide bonds. The van der Waals surface area contributed by atoms with E-state index in [1.54, 1.807) is 13.0 Å². The van der Waals surface area contributed by atoms with E-state index < -0.39 is 0 Å². The first-order valence-corrected chi connectivity index (χ1v) is 7.29. The SMILES string of the molecule is Cc1cc(NC(=O)[C@H](C)N[C@H]2CC(C)(C)OC2(C)C)on1. The number of ether oxygens (including phenoxy) is 1. The molecule has 6 nitrogen and oxygen atoms in total. The molecule has 1 aromatic heterocycles. The fourth-order valence-electron chi connectivity index (χ4n) is 2.85. The zero-order valence-electron chi connectivity index (χ0n) is 13.6. The summed E-state index contributed by atoms with van der Waals surface area (Å²) in [6.45, 7) is 11.9. The number of hydrogen-bond donors (Lipinski definition) is 2. The minimum Gasteiger partial charge on any atom is -0.368 e. The Morgan fingerprint density at radius 1 is 1.43 bits per heavy atom. The molecule has 2 rings (SSSR count). The number of carbonyl (C=O) groups excluding carboxylic acids is 1. The van der Waals surface area contributed by atoms with Gasteiger partial charge in [-0.05, 0) is 48.0 Å². The smallest absolute Gasteiger partial charge is 0.243 e. The molecule has 21 heavy (non-hydrogen) atoms. The lowest BCUT2D eigenvalue weighted by Crippen LogP contribution is -2.50. The molecule has 6 heteroatoms. The number of rotatable bonds is 4. The van der Waals surface area contributed by atoms with Gasteiger partial charge in [0.1, 0.15) is 0 Å². The van der Waals surface area contributed by atoms with Crippen LogP contribution < -0.4 is 10.6 Å². The maximum absolute atomic E-state index is 12.2. The second-order valence-electron chi connectivity index (χ2n) is 6.93. The Kier molecular flexibility index (Phi) is 4.13. The van der Waals surface area contributed by atoms with E-state index >= 15 is 0 Å². The molecule has 0 radical (unpaired) electrons. The topological polar surface area (TPSA) is 76.4 Å². The highest BCUT2D eigenvalue weighted by Gasteiger charge is 2.46. The number of nitrogens with one attached hydrogen (secondary N) is 2. The summed E-state index contributed by atoms with van der Waals surface area (Å²) < 4.78 is 11.0. The van der Waals surface area contributed by atoms with Gasteiger partial charge in [0, 0.05) is 12.1 Å². The number of hydrogen-bond acceptors (Lipinski definition) is 5. The summed E-state index contributed by atoms with van der Waals surface area (Å²) in [6, 6.07) is 1.46. The van der Waals surface area contributed by atoms with Crippen molar-refractivity contribution in [2.45, 2.75) is 71.2 Å². The van der Waals surface area contributed by atoms with Crippen LogP contribution in [0.25, 0.3) is 0 Å². The monoisotopic (exact) mass is 295 g/mol. The number of aromatic nitrogens is 1. The molecule has 2 atom stereocenters. The molecule has 0 aromatic carbocycles. The lowest BCUT2D eigenvalue weighted by Gasteiger charge is -2.29. The van der Waals surface area contributed by atoms with Crippen molar-refractivity contribution in [1.29, 1.82) is 0 Å². The summed E-state index contributed by atoms with van der Waals surface area (Å²) >= 11 is 0. The Hall–Kier alpha value is -1.40. The fourth-order valence-corrected chi connectivity index (χ4v) is 2.85. The minimum atomic E-state index is -0.350. The lowest BCUT2D eigenvalue weighted by molar-refractivity contribution is -0.118. The van der Waals surface area contributed by atoms with Gasteiger partial charge >= 0.3 is 0 Å². The maximum atomic E-state index is 12.2. The van der Waals surface area contributed by atoms with Crippen LogP contribution in [0.2, 0.25) is 0 Å². The minimum absolute atomic E-state index is 0.115.